The average molecular weight is 361 g/mol. The number of nitrogens with two attached hydrogens (primary N) is 1. The zero-order chi connectivity index (χ0) is 18.6. The highest BCUT2D eigenvalue weighted by Crippen LogP contribution is 2.21. The number of nitrogens with one attached hydrogen (secondary N) is 1. The smallest absolute Gasteiger partial charge is 0.338 e. The molecule has 0 aliphatic rings. The van der Waals surface area contributed by atoms with Crippen LogP contribution in [0, 0.1) is 0 Å². The Labute approximate surface area is 152 Å². The first-order valence-electron chi connectivity index (χ1n) is 7.94. The molecule has 0 radical (unpaired) electrons. The first-order chi connectivity index (χ1) is 11.8. The molecule has 0 fully saturated rings. The Hall–Kier alpha value is -2.53. The van der Waals surface area contributed by atoms with Crippen LogP contribution < -0.4 is 11.1 Å². The number of hydrogen-bond acceptors (Lipinski definition) is 4. The Morgan fingerprint density at radius 1 is 1.08 bits per heavy atom. The van der Waals surface area contributed by atoms with E-state index in [1.165, 1.54) is 30.7 Å². The monoisotopic (exact) mass is 360 g/mol. The second-order valence-corrected chi connectivity index (χ2v) is 6.46. The summed E-state index contributed by atoms with van der Waals surface area (Å²) >= 11 is 5.82. The Bertz CT molecular complexity index is 773. The fourth-order valence-electron chi connectivity index (χ4n) is 2.15. The minimum absolute atomic E-state index is 0.239. The van der Waals surface area contributed by atoms with E-state index in [1.54, 1.807) is 0 Å². The van der Waals surface area contributed by atoms with Crippen molar-refractivity contribution >= 4 is 34.9 Å². The molecule has 5 nitrogen and oxygen atoms in total. The molecule has 0 unspecified atom stereocenters. The number of esters is 1. The molecule has 132 valence electrons. The zero-order valence-corrected chi connectivity index (χ0v) is 15.1. The Morgan fingerprint density at radius 2 is 1.72 bits per heavy atom. The Balaban J connectivity index is 1.97. The minimum Gasteiger partial charge on any atom is -0.449 e. The van der Waals surface area contributed by atoms with Crippen molar-refractivity contribution in [3.05, 3.63) is 58.6 Å². The van der Waals surface area contributed by atoms with Crippen molar-refractivity contribution < 1.29 is 14.3 Å². The van der Waals surface area contributed by atoms with Crippen LogP contribution in [0.15, 0.2) is 42.5 Å². The highest BCUT2D eigenvalue weighted by atomic mass is 35.5. The molecular formula is C19H21ClN2O3. The van der Waals surface area contributed by atoms with Crippen LogP contribution in [-0.2, 0) is 9.53 Å². The van der Waals surface area contributed by atoms with Gasteiger partial charge < -0.3 is 15.8 Å². The number of amides is 1. The lowest BCUT2D eigenvalue weighted by molar-refractivity contribution is -0.123. The number of benzene rings is 2. The standard InChI is InChI=1S/C19H21ClN2O3/c1-11(2)13-4-7-15(8-5-13)22-18(23)12(3)25-19(24)14-6-9-16(20)17(21)10-14/h4-12H,21H2,1-3H3,(H,22,23)/t12-/m0/s1. The fourth-order valence-corrected chi connectivity index (χ4v) is 2.27. The molecule has 0 aliphatic carbocycles. The first kappa shape index (κ1) is 18.8. The third kappa shape index (κ3) is 4.97. The van der Waals surface area contributed by atoms with Crippen LogP contribution in [0.3, 0.4) is 0 Å². The van der Waals surface area contributed by atoms with Crippen molar-refractivity contribution in [3.8, 4) is 0 Å². The van der Waals surface area contributed by atoms with Crippen LogP contribution in [0.25, 0.3) is 0 Å². The van der Waals surface area contributed by atoms with Crippen molar-refractivity contribution in [1.29, 1.82) is 0 Å². The molecule has 2 rings (SSSR count). The van der Waals surface area contributed by atoms with E-state index in [0.29, 0.717) is 16.6 Å². The van der Waals surface area contributed by atoms with Gasteiger partial charge in [-0.25, -0.2) is 4.79 Å². The van der Waals surface area contributed by atoms with Gasteiger partial charge in [0.1, 0.15) is 0 Å². The SMILES string of the molecule is CC(C)c1ccc(NC(=O)[C@H](C)OC(=O)c2ccc(Cl)c(N)c2)cc1. The summed E-state index contributed by atoms with van der Waals surface area (Å²) in [4.78, 5) is 24.3. The average Bonchev–Trinajstić information content (AvgIpc) is 2.57. The van der Waals surface area contributed by atoms with Gasteiger partial charge >= 0.3 is 5.97 Å². The van der Waals surface area contributed by atoms with Crippen molar-refractivity contribution in [2.75, 3.05) is 11.1 Å². The number of ether oxygens (including phenoxy) is 1. The second kappa shape index (κ2) is 8.03. The molecule has 25 heavy (non-hydrogen) atoms. The Kier molecular flexibility index (Phi) is 6.04. The van der Waals surface area contributed by atoms with E-state index in [4.69, 9.17) is 22.1 Å². The van der Waals surface area contributed by atoms with E-state index in [2.05, 4.69) is 19.2 Å². The van der Waals surface area contributed by atoms with Gasteiger partial charge in [0.25, 0.3) is 5.91 Å². The van der Waals surface area contributed by atoms with Crippen LogP contribution in [0.4, 0.5) is 11.4 Å². The number of carbonyl (C=O) groups is 2. The molecule has 0 aromatic heterocycles. The molecular weight excluding hydrogens is 340 g/mol. The molecule has 2 aromatic rings. The number of anilines is 2. The number of carbonyl (C=O) groups excluding carboxylic acids is 2. The van der Waals surface area contributed by atoms with Crippen molar-refractivity contribution in [2.24, 2.45) is 0 Å². The molecule has 2 aromatic carbocycles. The summed E-state index contributed by atoms with van der Waals surface area (Å²) in [6.45, 7) is 5.70. The molecule has 0 bridgehead atoms. The molecule has 0 saturated carbocycles. The minimum atomic E-state index is -0.950. The third-order valence-corrected chi connectivity index (χ3v) is 4.07. The highest BCUT2D eigenvalue weighted by Gasteiger charge is 2.19. The summed E-state index contributed by atoms with van der Waals surface area (Å²) in [5, 5.41) is 3.08. The van der Waals surface area contributed by atoms with Gasteiger partial charge in [-0.1, -0.05) is 37.6 Å². The maximum atomic E-state index is 12.2. The molecule has 0 aliphatic heterocycles. The molecule has 6 heteroatoms. The third-order valence-electron chi connectivity index (χ3n) is 3.73. The van der Waals surface area contributed by atoms with Crippen molar-refractivity contribution in [3.63, 3.8) is 0 Å². The van der Waals surface area contributed by atoms with Crippen LogP contribution >= 0.6 is 11.6 Å². The molecule has 3 N–H and O–H groups in total. The quantitative estimate of drug-likeness (QED) is 0.617. The predicted octanol–water partition coefficient (Wildman–Crippen LogP) is 4.23. The number of hydrogen-bond donors (Lipinski definition) is 2. The van der Waals surface area contributed by atoms with E-state index in [1.807, 2.05) is 24.3 Å². The van der Waals surface area contributed by atoms with Gasteiger partial charge in [0, 0.05) is 5.69 Å². The lowest BCUT2D eigenvalue weighted by atomic mass is 10.0. The topological polar surface area (TPSA) is 81.4 Å². The number of rotatable bonds is 5. The largest absolute Gasteiger partial charge is 0.449 e. The fraction of sp³-hybridized carbons (Fsp3) is 0.263. The van der Waals surface area contributed by atoms with E-state index < -0.39 is 18.0 Å². The first-order valence-corrected chi connectivity index (χ1v) is 8.32. The van der Waals surface area contributed by atoms with Gasteiger partial charge in [0.2, 0.25) is 0 Å². The summed E-state index contributed by atoms with van der Waals surface area (Å²) < 4.78 is 5.18. The van der Waals surface area contributed by atoms with Crippen LogP contribution in [-0.4, -0.2) is 18.0 Å². The maximum Gasteiger partial charge on any atom is 0.338 e. The number of halogens is 1. The van der Waals surface area contributed by atoms with E-state index in [-0.39, 0.29) is 11.3 Å². The summed E-state index contributed by atoms with van der Waals surface area (Å²) in [5.74, 6) is -0.634. The summed E-state index contributed by atoms with van der Waals surface area (Å²) in [6.07, 6.45) is -0.950. The summed E-state index contributed by atoms with van der Waals surface area (Å²) in [6, 6.07) is 12.0. The van der Waals surface area contributed by atoms with Crippen LogP contribution in [0.1, 0.15) is 42.6 Å². The van der Waals surface area contributed by atoms with Gasteiger partial charge in [-0.05, 0) is 48.7 Å². The van der Waals surface area contributed by atoms with Gasteiger partial charge in [-0.15, -0.1) is 0 Å². The van der Waals surface area contributed by atoms with Gasteiger partial charge in [-0.2, -0.15) is 0 Å². The highest BCUT2D eigenvalue weighted by molar-refractivity contribution is 6.33. The van der Waals surface area contributed by atoms with Crippen molar-refractivity contribution in [1.82, 2.24) is 0 Å². The summed E-state index contributed by atoms with van der Waals surface area (Å²) in [5.41, 5.74) is 8.01. The second-order valence-electron chi connectivity index (χ2n) is 6.05. The molecule has 0 spiro atoms. The molecule has 0 saturated heterocycles. The van der Waals surface area contributed by atoms with E-state index in [9.17, 15) is 9.59 Å². The van der Waals surface area contributed by atoms with Crippen LogP contribution in [0.5, 0.6) is 0 Å². The summed E-state index contributed by atoms with van der Waals surface area (Å²) in [7, 11) is 0. The van der Waals surface area contributed by atoms with E-state index in [0.717, 1.165) is 0 Å². The maximum absolute atomic E-state index is 12.2. The lowest BCUT2D eigenvalue weighted by Crippen LogP contribution is -2.30. The van der Waals surface area contributed by atoms with Gasteiger partial charge in [0.15, 0.2) is 6.10 Å². The van der Waals surface area contributed by atoms with Gasteiger partial charge in [-0.3, -0.25) is 4.79 Å². The van der Waals surface area contributed by atoms with Gasteiger partial charge in [0.05, 0.1) is 16.3 Å². The molecule has 1 atom stereocenters. The van der Waals surface area contributed by atoms with Crippen LogP contribution in [0.2, 0.25) is 5.02 Å². The molecule has 1 amide bonds. The zero-order valence-electron chi connectivity index (χ0n) is 14.4. The normalized spacial score (nSPS) is 11.9. The lowest BCUT2D eigenvalue weighted by Gasteiger charge is -2.14. The molecule has 0 heterocycles. The van der Waals surface area contributed by atoms with E-state index >= 15 is 0 Å². The predicted molar refractivity (Wildman–Crippen MR) is 99.9 cm³/mol. The Morgan fingerprint density at radius 3 is 2.28 bits per heavy atom. The van der Waals surface area contributed by atoms with Crippen molar-refractivity contribution in [2.45, 2.75) is 32.8 Å². The number of nitrogen functional groups attached to an aromatic ring is 1.